The highest BCUT2D eigenvalue weighted by molar-refractivity contribution is 8.76. The summed E-state index contributed by atoms with van der Waals surface area (Å²) in [5, 5.41) is 78.8. The molecule has 1 rings (SSSR count). The molecule has 12 atom stereocenters. The van der Waals surface area contributed by atoms with Gasteiger partial charge in [0.15, 0.2) is 0 Å². The minimum Gasteiger partial charge on any atom is -0.481 e. The molecule has 24 N–H and O–H groups in total. The van der Waals surface area contributed by atoms with Gasteiger partial charge in [-0.05, 0) is 76.3 Å². The van der Waals surface area contributed by atoms with Crippen LogP contribution in [0.25, 0.3) is 0 Å². The molecule has 0 bridgehead atoms. The van der Waals surface area contributed by atoms with Crippen LogP contribution >= 0.6 is 33.3 Å². The Kier molecular flexibility index (Phi) is 40.0. The minimum atomic E-state index is -2.01. The van der Waals surface area contributed by atoms with Crippen molar-refractivity contribution in [2.75, 3.05) is 49.8 Å². The zero-order valence-electron chi connectivity index (χ0n) is 53.3. The van der Waals surface area contributed by atoms with Crippen molar-refractivity contribution in [1.29, 1.82) is 0 Å². The highest BCUT2D eigenvalue weighted by Gasteiger charge is 2.37. The van der Waals surface area contributed by atoms with Crippen LogP contribution in [-0.4, -0.2) is 254 Å². The van der Waals surface area contributed by atoms with E-state index in [4.69, 9.17) is 17.2 Å². The summed E-state index contributed by atoms with van der Waals surface area (Å²) < 4.78 is 0. The van der Waals surface area contributed by atoms with Crippen LogP contribution in [0.5, 0.6) is 0 Å². The zero-order valence-corrected chi connectivity index (χ0v) is 55.7. The van der Waals surface area contributed by atoms with Gasteiger partial charge in [0.05, 0.1) is 38.6 Å². The van der Waals surface area contributed by atoms with E-state index >= 15 is 0 Å². The van der Waals surface area contributed by atoms with Crippen molar-refractivity contribution >= 4 is 140 Å². The lowest BCUT2D eigenvalue weighted by atomic mass is 10.0. The number of hydrogen-bond acceptors (Lipinski definition) is 24. The molecule has 0 aliphatic carbocycles. The zero-order chi connectivity index (χ0) is 72.9. The maximum absolute atomic E-state index is 14.2. The number of nitrogens with two attached hydrogens (primary N) is 3. The van der Waals surface area contributed by atoms with E-state index in [2.05, 4.69) is 69.1 Å². The molecule has 0 aromatic heterocycles. The molecular formula is C54H88N16O23S3. The van der Waals surface area contributed by atoms with Crippen LogP contribution in [-0.2, 0) is 86.3 Å². The van der Waals surface area contributed by atoms with Gasteiger partial charge in [-0.25, -0.2) is 0 Å². The summed E-state index contributed by atoms with van der Waals surface area (Å²) in [4.78, 5) is 238. The van der Waals surface area contributed by atoms with Crippen molar-refractivity contribution in [2.45, 2.75) is 171 Å². The van der Waals surface area contributed by atoms with Crippen LogP contribution in [0.3, 0.4) is 0 Å². The molecular weight excluding hydrogens is 1340 g/mol. The summed E-state index contributed by atoms with van der Waals surface area (Å²) in [6.45, 7) is 2.20. The van der Waals surface area contributed by atoms with Crippen molar-refractivity contribution in [3.63, 3.8) is 0 Å². The Labute approximate surface area is 562 Å². The van der Waals surface area contributed by atoms with Gasteiger partial charge in [0, 0.05) is 31.3 Å². The SMILES string of the molecule is CSCC[C@@H]1NC(=O)CNC(=O)[C@H](CCC(=O)O)NC(=O)[C@H](CO)NC(=O)[C@H]([C@@H](C)O)NC(=O)[C@H](CCCCN)NC(=O)[C@H](CC(N)=O)NC(=O)[C@@H](NC(C)=O)CSSC[C@@H](C(=O)N[C@@H](CCC(=O)O)C(=O)N[C@@H](CC(C)C)C(N)=O)NC(=O)CNC(=O)[C@H](CC(=O)O)NC1=O. The maximum atomic E-state index is 14.2. The number of carboxylic acid groups (broad SMARTS) is 3. The standard InChI is InChI=1S/C54H88N16O23S3/c1-24(2)16-31(44(57)83)66-47(86)29(10-12-41(79)80)65-53(92)36-23-96-95-22-35(60-26(4)73)52(91)67-32(17-37(56)74)50(89)63-27(8-6-7-14-55)49(88)70-43(25(3)72)54(93)69-34(21-71)51(90)64-28(9-11-40(77)78)45(84)58-19-38(75)61-30(13-15-94-5)48(87)68-33(18-42(81)82)46(85)59-20-39(76)62-36/h24-25,27-36,43,71-72H,6-23,55H2,1-5H3,(H2,56,74)(H2,57,83)(H,58,84)(H,59,85)(H,60,73)(H,61,75)(H,62,76)(H,63,89)(H,64,90)(H,65,92)(H,66,86)(H,67,91)(H,68,87)(H,69,93)(H,70,88)(H,77,78)(H,79,80)(H,81,82)/t25-,27+,28+,29+,30+,31+,32+,33+,34+,35+,36+,43+/m1/s1. The number of unbranched alkanes of at least 4 members (excludes halogenated alkanes) is 1. The van der Waals surface area contributed by atoms with Crippen molar-refractivity contribution in [3.8, 4) is 0 Å². The number of amides is 15. The number of nitrogens with one attached hydrogen (secondary N) is 13. The van der Waals surface area contributed by atoms with E-state index in [9.17, 15) is 112 Å². The third-order valence-corrected chi connectivity index (χ3v) is 16.5. The van der Waals surface area contributed by atoms with Crippen LogP contribution in [0.15, 0.2) is 0 Å². The molecule has 0 radical (unpaired) electrons. The second-order valence-corrected chi connectivity index (χ2v) is 25.6. The third kappa shape index (κ3) is 34.2. The van der Waals surface area contributed by atoms with Crippen LogP contribution in [0.4, 0.5) is 0 Å². The summed E-state index contributed by atoms with van der Waals surface area (Å²) >= 11 is 1.18. The van der Waals surface area contributed by atoms with Crippen LogP contribution in [0, 0.1) is 5.92 Å². The Morgan fingerprint density at radius 1 is 0.583 bits per heavy atom. The van der Waals surface area contributed by atoms with Crippen molar-refractivity contribution in [3.05, 3.63) is 0 Å². The molecule has 39 nitrogen and oxygen atoms in total. The second-order valence-electron chi connectivity index (χ2n) is 22.1. The number of carboxylic acids is 3. The van der Waals surface area contributed by atoms with E-state index in [0.29, 0.717) is 10.8 Å². The van der Waals surface area contributed by atoms with Crippen molar-refractivity contribution in [2.24, 2.45) is 23.1 Å². The second kappa shape index (κ2) is 44.9. The van der Waals surface area contributed by atoms with E-state index in [1.807, 2.05) is 0 Å². The summed E-state index contributed by atoms with van der Waals surface area (Å²) in [7, 11) is 1.45. The number of carbonyl (C=O) groups excluding carboxylic acids is 15. The molecule has 1 aliphatic heterocycles. The Balaban J connectivity index is 4.11. The fourth-order valence-electron chi connectivity index (χ4n) is 8.52. The van der Waals surface area contributed by atoms with Gasteiger partial charge < -0.3 is 112 Å². The fourth-order valence-corrected chi connectivity index (χ4v) is 11.3. The monoisotopic (exact) mass is 1420 g/mol. The minimum absolute atomic E-state index is 0.0175. The topological polar surface area (TPSA) is 643 Å². The molecule has 42 heteroatoms. The van der Waals surface area contributed by atoms with Gasteiger partial charge in [0.1, 0.15) is 66.5 Å². The first-order valence-electron chi connectivity index (χ1n) is 29.8. The molecule has 0 unspecified atom stereocenters. The van der Waals surface area contributed by atoms with E-state index in [1.165, 1.54) is 11.8 Å². The lowest BCUT2D eigenvalue weighted by Crippen LogP contribution is -2.62. The highest BCUT2D eigenvalue weighted by Crippen LogP contribution is 2.24. The molecule has 96 heavy (non-hydrogen) atoms. The van der Waals surface area contributed by atoms with Crippen LogP contribution < -0.4 is 86.3 Å². The number of rotatable bonds is 27. The molecule has 1 fully saturated rings. The number of aliphatic carboxylic acids is 3. The summed E-state index contributed by atoms with van der Waals surface area (Å²) in [5.41, 5.74) is 16.6. The number of thioether (sulfide) groups is 1. The van der Waals surface area contributed by atoms with Crippen molar-refractivity contribution < 1.29 is 112 Å². The molecule has 15 amide bonds. The molecule has 0 saturated carbocycles. The van der Waals surface area contributed by atoms with Crippen LogP contribution in [0.2, 0.25) is 0 Å². The normalized spacial score (nSPS) is 23.4. The first-order valence-corrected chi connectivity index (χ1v) is 33.7. The van der Waals surface area contributed by atoms with Gasteiger partial charge in [-0.1, -0.05) is 35.4 Å². The highest BCUT2D eigenvalue weighted by atomic mass is 33.1. The van der Waals surface area contributed by atoms with E-state index in [1.54, 1.807) is 20.1 Å². The van der Waals surface area contributed by atoms with Gasteiger partial charge in [0.2, 0.25) is 88.6 Å². The first kappa shape index (κ1) is 85.4. The van der Waals surface area contributed by atoms with Gasteiger partial charge in [-0.15, -0.1) is 0 Å². The molecule has 0 aromatic carbocycles. The van der Waals surface area contributed by atoms with E-state index in [-0.39, 0.29) is 50.3 Å². The average Bonchev–Trinajstić information content (AvgIpc) is 0.960. The summed E-state index contributed by atoms with van der Waals surface area (Å²) in [5.74, 6) is -23.2. The molecule has 0 aromatic rings. The van der Waals surface area contributed by atoms with Gasteiger partial charge in [0.25, 0.3) is 0 Å². The number of primary amides is 2. The number of aliphatic hydroxyl groups is 2. The molecule has 1 heterocycles. The summed E-state index contributed by atoms with van der Waals surface area (Å²) in [6.07, 6.45) is -5.19. The smallest absolute Gasteiger partial charge is 0.305 e. The largest absolute Gasteiger partial charge is 0.481 e. The lowest BCUT2D eigenvalue weighted by Gasteiger charge is -2.28. The Bertz CT molecular complexity index is 2790. The maximum Gasteiger partial charge on any atom is 0.305 e. The number of carbonyl (C=O) groups is 18. The van der Waals surface area contributed by atoms with Gasteiger partial charge in [-0.3, -0.25) is 86.3 Å². The Morgan fingerprint density at radius 2 is 1.09 bits per heavy atom. The van der Waals surface area contributed by atoms with Crippen molar-refractivity contribution in [1.82, 2.24) is 69.1 Å². The number of aliphatic hydroxyl groups excluding tert-OH is 2. The predicted octanol–water partition coefficient (Wildman–Crippen LogP) is -9.17. The first-order chi connectivity index (χ1) is 45.0. The average molecular weight is 1430 g/mol. The van der Waals surface area contributed by atoms with Gasteiger partial charge in [-0.2, -0.15) is 11.8 Å². The molecule has 1 saturated heterocycles. The Morgan fingerprint density at radius 3 is 1.62 bits per heavy atom. The molecule has 540 valence electrons. The predicted molar refractivity (Wildman–Crippen MR) is 341 cm³/mol. The van der Waals surface area contributed by atoms with Crippen LogP contribution in [0.1, 0.15) is 98.3 Å². The summed E-state index contributed by atoms with van der Waals surface area (Å²) in [6, 6.07) is -19.5. The molecule has 1 aliphatic rings. The Hall–Kier alpha value is -8.61. The molecule has 0 spiro atoms. The number of hydrogen-bond donors (Lipinski definition) is 21. The van der Waals surface area contributed by atoms with Gasteiger partial charge >= 0.3 is 17.9 Å². The third-order valence-electron chi connectivity index (χ3n) is 13.4. The van der Waals surface area contributed by atoms with E-state index < -0.39 is 249 Å². The lowest BCUT2D eigenvalue weighted by molar-refractivity contribution is -0.141. The quantitative estimate of drug-likeness (QED) is 0.0268. The van der Waals surface area contributed by atoms with E-state index in [0.717, 1.165) is 24.6 Å². The fraction of sp³-hybridized carbons (Fsp3) is 0.667.